The summed E-state index contributed by atoms with van der Waals surface area (Å²) in [7, 11) is -0.0621. The van der Waals surface area contributed by atoms with E-state index in [2.05, 4.69) is 10.4 Å². The van der Waals surface area contributed by atoms with Gasteiger partial charge in [0.2, 0.25) is 10.0 Å². The minimum absolute atomic E-state index is 0.0465. The molecule has 1 aromatic rings. The highest BCUT2D eigenvalue weighted by Gasteiger charge is 2.30. The topological polar surface area (TPSA) is 67.2 Å². The van der Waals surface area contributed by atoms with E-state index in [0.29, 0.717) is 0 Å². The second-order valence-corrected chi connectivity index (χ2v) is 6.02. The summed E-state index contributed by atoms with van der Waals surface area (Å²) in [6.07, 6.45) is 3.76. The molecular formula is C9H16N4O2S. The number of hydrogen-bond acceptors (Lipinski definition) is 4. The molecule has 1 aromatic heterocycles. The minimum Gasteiger partial charge on any atom is -0.315 e. The first-order chi connectivity index (χ1) is 7.51. The molecule has 1 N–H and O–H groups in total. The molecule has 0 radical (unpaired) electrons. The zero-order chi connectivity index (χ0) is 11.8. The molecule has 1 aliphatic rings. The molecule has 1 aliphatic heterocycles. The van der Waals surface area contributed by atoms with Gasteiger partial charge in [0.05, 0.1) is 6.20 Å². The van der Waals surface area contributed by atoms with Gasteiger partial charge in [0.25, 0.3) is 0 Å². The predicted molar refractivity (Wildman–Crippen MR) is 59.4 cm³/mol. The molecule has 1 atom stereocenters. The van der Waals surface area contributed by atoms with Crippen LogP contribution in [-0.2, 0) is 17.1 Å². The summed E-state index contributed by atoms with van der Waals surface area (Å²) in [5.41, 5.74) is 0. The Morgan fingerprint density at radius 1 is 1.62 bits per heavy atom. The first-order valence-corrected chi connectivity index (χ1v) is 6.63. The van der Waals surface area contributed by atoms with Crippen molar-refractivity contribution in [3.8, 4) is 0 Å². The Kier molecular flexibility index (Phi) is 3.00. The highest BCUT2D eigenvalue weighted by Crippen LogP contribution is 2.18. The van der Waals surface area contributed by atoms with Crippen LogP contribution in [0.15, 0.2) is 17.3 Å². The van der Waals surface area contributed by atoms with Crippen LogP contribution >= 0.6 is 0 Å². The number of sulfonamides is 1. The Morgan fingerprint density at radius 3 is 2.88 bits per heavy atom. The van der Waals surface area contributed by atoms with Gasteiger partial charge < -0.3 is 5.32 Å². The standard InChI is InChI=1S/C9H16N4O2S/c1-12-7-9(6-11-12)16(14,15)13(2)8-3-4-10-5-8/h6-8,10H,3-5H2,1-2H3. The first-order valence-electron chi connectivity index (χ1n) is 5.19. The highest BCUT2D eigenvalue weighted by molar-refractivity contribution is 7.89. The Hall–Kier alpha value is -0.920. The SMILES string of the molecule is CN(C1CCNC1)S(=O)(=O)c1cnn(C)c1. The zero-order valence-electron chi connectivity index (χ0n) is 9.42. The van der Waals surface area contributed by atoms with Crippen LogP contribution in [0.3, 0.4) is 0 Å². The van der Waals surface area contributed by atoms with E-state index in [4.69, 9.17) is 0 Å². The van der Waals surface area contributed by atoms with Gasteiger partial charge in [0.1, 0.15) is 4.90 Å². The van der Waals surface area contributed by atoms with Crippen molar-refractivity contribution in [3.63, 3.8) is 0 Å². The van der Waals surface area contributed by atoms with Crippen LogP contribution in [0.25, 0.3) is 0 Å². The molecule has 0 bridgehead atoms. The summed E-state index contributed by atoms with van der Waals surface area (Å²) in [6, 6.07) is 0.0465. The molecule has 0 amide bonds. The average Bonchev–Trinajstić information content (AvgIpc) is 2.86. The van der Waals surface area contributed by atoms with Crippen LogP contribution in [0.5, 0.6) is 0 Å². The molecule has 1 fully saturated rings. The van der Waals surface area contributed by atoms with E-state index in [1.54, 1.807) is 14.1 Å². The lowest BCUT2D eigenvalue weighted by molar-refractivity contribution is 0.387. The van der Waals surface area contributed by atoms with Crippen molar-refractivity contribution in [1.82, 2.24) is 19.4 Å². The number of nitrogens with zero attached hydrogens (tertiary/aromatic N) is 3. The Bertz CT molecular complexity index is 462. The summed E-state index contributed by atoms with van der Waals surface area (Å²) in [5, 5.41) is 7.04. The molecule has 0 aliphatic carbocycles. The summed E-state index contributed by atoms with van der Waals surface area (Å²) in [6.45, 7) is 1.59. The highest BCUT2D eigenvalue weighted by atomic mass is 32.2. The van der Waals surface area contributed by atoms with Gasteiger partial charge in [0.15, 0.2) is 0 Å². The summed E-state index contributed by atoms with van der Waals surface area (Å²) in [5.74, 6) is 0. The summed E-state index contributed by atoms with van der Waals surface area (Å²) in [4.78, 5) is 0.254. The van der Waals surface area contributed by atoms with Crippen molar-refractivity contribution >= 4 is 10.0 Å². The predicted octanol–water partition coefficient (Wildman–Crippen LogP) is -0.597. The maximum absolute atomic E-state index is 12.2. The number of rotatable bonds is 3. The van der Waals surface area contributed by atoms with Gasteiger partial charge in [-0.1, -0.05) is 0 Å². The van der Waals surface area contributed by atoms with E-state index in [9.17, 15) is 8.42 Å². The second kappa shape index (κ2) is 4.15. The fourth-order valence-corrected chi connectivity index (χ4v) is 3.22. The molecule has 16 heavy (non-hydrogen) atoms. The Balaban J connectivity index is 2.24. The lowest BCUT2D eigenvalue weighted by atomic mass is 10.3. The fraction of sp³-hybridized carbons (Fsp3) is 0.667. The smallest absolute Gasteiger partial charge is 0.246 e. The number of hydrogen-bond donors (Lipinski definition) is 1. The number of likely N-dealkylation sites (N-methyl/N-ethyl adjacent to an activating group) is 1. The molecule has 0 spiro atoms. The largest absolute Gasteiger partial charge is 0.315 e. The van der Waals surface area contributed by atoms with Gasteiger partial charge in [-0.25, -0.2) is 8.42 Å². The van der Waals surface area contributed by atoms with E-state index >= 15 is 0 Å². The van der Waals surface area contributed by atoms with Gasteiger partial charge in [-0.15, -0.1) is 0 Å². The lowest BCUT2D eigenvalue weighted by Gasteiger charge is -2.22. The summed E-state index contributed by atoms with van der Waals surface area (Å²) < 4.78 is 27.3. The monoisotopic (exact) mass is 244 g/mol. The van der Waals surface area contributed by atoms with E-state index in [0.717, 1.165) is 19.5 Å². The number of aryl methyl sites for hydroxylation is 1. The maximum atomic E-state index is 12.2. The Morgan fingerprint density at radius 2 is 2.38 bits per heavy atom. The molecule has 2 rings (SSSR count). The van der Waals surface area contributed by atoms with Crippen molar-refractivity contribution in [2.24, 2.45) is 7.05 Å². The summed E-state index contributed by atoms with van der Waals surface area (Å²) >= 11 is 0. The normalized spacial score (nSPS) is 21.8. The third-order valence-corrected chi connectivity index (χ3v) is 4.77. The van der Waals surface area contributed by atoms with Crippen LogP contribution in [0.4, 0.5) is 0 Å². The van der Waals surface area contributed by atoms with Gasteiger partial charge in [-0.2, -0.15) is 9.40 Å². The van der Waals surface area contributed by atoms with Crippen LogP contribution in [0.2, 0.25) is 0 Å². The van der Waals surface area contributed by atoms with Crippen LogP contribution in [-0.4, -0.2) is 48.7 Å². The number of nitrogens with one attached hydrogen (secondary N) is 1. The van der Waals surface area contributed by atoms with Gasteiger partial charge in [-0.3, -0.25) is 4.68 Å². The van der Waals surface area contributed by atoms with E-state index in [-0.39, 0.29) is 10.9 Å². The quantitative estimate of drug-likeness (QED) is 0.771. The van der Waals surface area contributed by atoms with Crippen molar-refractivity contribution in [2.75, 3.05) is 20.1 Å². The molecule has 6 nitrogen and oxygen atoms in total. The minimum atomic E-state index is -3.39. The van der Waals surface area contributed by atoms with Gasteiger partial charge >= 0.3 is 0 Å². The van der Waals surface area contributed by atoms with E-state index in [1.807, 2.05) is 0 Å². The second-order valence-electron chi connectivity index (χ2n) is 4.02. The molecule has 7 heteroatoms. The molecule has 90 valence electrons. The lowest BCUT2D eigenvalue weighted by Crippen LogP contribution is -2.38. The first kappa shape index (κ1) is 11.6. The van der Waals surface area contributed by atoms with Crippen molar-refractivity contribution in [2.45, 2.75) is 17.4 Å². The fourth-order valence-electron chi connectivity index (χ4n) is 1.84. The molecule has 0 aromatic carbocycles. The van der Waals surface area contributed by atoms with E-state index < -0.39 is 10.0 Å². The zero-order valence-corrected chi connectivity index (χ0v) is 10.2. The van der Waals surface area contributed by atoms with Gasteiger partial charge in [0, 0.05) is 32.9 Å². The molecule has 1 saturated heterocycles. The molecule has 1 unspecified atom stereocenters. The third-order valence-electron chi connectivity index (χ3n) is 2.91. The van der Waals surface area contributed by atoms with Crippen LogP contribution < -0.4 is 5.32 Å². The number of aromatic nitrogens is 2. The maximum Gasteiger partial charge on any atom is 0.246 e. The Labute approximate surface area is 95.3 Å². The van der Waals surface area contributed by atoms with E-state index in [1.165, 1.54) is 21.4 Å². The third kappa shape index (κ3) is 1.98. The van der Waals surface area contributed by atoms with Crippen LogP contribution in [0.1, 0.15) is 6.42 Å². The van der Waals surface area contributed by atoms with Gasteiger partial charge in [-0.05, 0) is 13.0 Å². The molecular weight excluding hydrogens is 228 g/mol. The van der Waals surface area contributed by atoms with Crippen LogP contribution in [0, 0.1) is 0 Å². The van der Waals surface area contributed by atoms with Crippen molar-refractivity contribution in [1.29, 1.82) is 0 Å². The van der Waals surface area contributed by atoms with Crippen molar-refractivity contribution in [3.05, 3.63) is 12.4 Å². The molecule has 2 heterocycles. The molecule has 0 saturated carbocycles. The van der Waals surface area contributed by atoms with Crippen molar-refractivity contribution < 1.29 is 8.42 Å². The average molecular weight is 244 g/mol.